The first-order valence-corrected chi connectivity index (χ1v) is 6.47. The molecule has 1 N–H and O–H groups in total. The molecule has 0 amide bonds. The normalized spacial score (nSPS) is 10.3. The molecule has 0 spiro atoms. The van der Waals surface area contributed by atoms with Gasteiger partial charge in [-0.25, -0.2) is 0 Å². The summed E-state index contributed by atoms with van der Waals surface area (Å²) < 4.78 is 0. The van der Waals surface area contributed by atoms with Crippen LogP contribution in [0.5, 0.6) is 0 Å². The molecule has 4 nitrogen and oxygen atoms in total. The molecule has 0 saturated heterocycles. The third kappa shape index (κ3) is 2.40. The molecule has 2 heterocycles. The van der Waals surface area contributed by atoms with Gasteiger partial charge in [0.2, 0.25) is 0 Å². The van der Waals surface area contributed by atoms with Crippen LogP contribution in [-0.4, -0.2) is 4.92 Å². The molecule has 0 aliphatic rings. The van der Waals surface area contributed by atoms with Gasteiger partial charge in [-0.1, -0.05) is 11.3 Å². The largest absolute Gasteiger partial charge is 0.380 e. The molecule has 2 rings (SSSR count). The summed E-state index contributed by atoms with van der Waals surface area (Å²) in [5, 5.41) is 19.9. The van der Waals surface area contributed by atoms with Gasteiger partial charge in [0.05, 0.1) is 4.92 Å². The molecule has 16 heavy (non-hydrogen) atoms. The SMILES string of the molecule is Cc1cscc1NCc1csc([N+](=O)[O-])c1. The van der Waals surface area contributed by atoms with Gasteiger partial charge in [-0.05, 0) is 23.4 Å². The molecular weight excluding hydrogens is 244 g/mol. The first-order chi connectivity index (χ1) is 7.66. The van der Waals surface area contributed by atoms with Gasteiger partial charge >= 0.3 is 5.00 Å². The molecule has 0 saturated carbocycles. The molecule has 2 aromatic heterocycles. The molecule has 0 aromatic carbocycles. The zero-order valence-electron chi connectivity index (χ0n) is 8.60. The molecule has 0 unspecified atom stereocenters. The maximum absolute atomic E-state index is 10.5. The Kier molecular flexibility index (Phi) is 3.21. The number of thiophene rings is 2. The van der Waals surface area contributed by atoms with Crippen LogP contribution < -0.4 is 5.32 Å². The van der Waals surface area contributed by atoms with Crippen LogP contribution >= 0.6 is 22.7 Å². The van der Waals surface area contributed by atoms with Crippen LogP contribution in [0.2, 0.25) is 0 Å². The number of hydrogen-bond acceptors (Lipinski definition) is 5. The highest BCUT2D eigenvalue weighted by atomic mass is 32.1. The number of hydrogen-bond donors (Lipinski definition) is 1. The van der Waals surface area contributed by atoms with E-state index >= 15 is 0 Å². The Morgan fingerprint density at radius 1 is 1.44 bits per heavy atom. The van der Waals surface area contributed by atoms with Crippen molar-refractivity contribution in [1.29, 1.82) is 0 Å². The van der Waals surface area contributed by atoms with Crippen molar-refractivity contribution in [3.8, 4) is 0 Å². The summed E-state index contributed by atoms with van der Waals surface area (Å²) in [5.41, 5.74) is 3.25. The van der Waals surface area contributed by atoms with Gasteiger partial charge in [0, 0.05) is 29.1 Å². The summed E-state index contributed by atoms with van der Waals surface area (Å²) in [4.78, 5) is 10.1. The Hall–Kier alpha value is -1.40. The fourth-order valence-electron chi connectivity index (χ4n) is 1.29. The number of nitrogens with zero attached hydrogens (tertiary/aromatic N) is 1. The van der Waals surface area contributed by atoms with E-state index in [1.807, 2.05) is 17.7 Å². The van der Waals surface area contributed by atoms with E-state index in [9.17, 15) is 10.1 Å². The standard InChI is InChI=1S/C10H10N2O2S2/c1-7-4-15-6-9(7)11-3-8-2-10(12(13)14)16-5-8/h2,4-6,11H,3H2,1H3. The summed E-state index contributed by atoms with van der Waals surface area (Å²) in [7, 11) is 0. The van der Waals surface area contributed by atoms with Gasteiger partial charge in [0.15, 0.2) is 0 Å². The molecule has 0 bridgehead atoms. The molecule has 2 aromatic rings. The summed E-state index contributed by atoms with van der Waals surface area (Å²) in [5.74, 6) is 0. The van der Waals surface area contributed by atoms with E-state index < -0.39 is 0 Å². The van der Waals surface area contributed by atoms with E-state index in [1.165, 1.54) is 5.56 Å². The van der Waals surface area contributed by atoms with Crippen LogP contribution in [0.1, 0.15) is 11.1 Å². The van der Waals surface area contributed by atoms with E-state index in [0.29, 0.717) is 6.54 Å². The molecule has 0 aliphatic carbocycles. The second-order valence-electron chi connectivity index (χ2n) is 3.37. The molecule has 84 valence electrons. The summed E-state index contributed by atoms with van der Waals surface area (Å²) >= 11 is 2.81. The van der Waals surface area contributed by atoms with Crippen LogP contribution in [0.15, 0.2) is 22.2 Å². The van der Waals surface area contributed by atoms with Gasteiger partial charge < -0.3 is 5.32 Å². The zero-order chi connectivity index (χ0) is 11.5. The molecule has 0 radical (unpaired) electrons. The van der Waals surface area contributed by atoms with Crippen LogP contribution in [0.25, 0.3) is 0 Å². The van der Waals surface area contributed by atoms with Crippen LogP contribution in [0.3, 0.4) is 0 Å². The zero-order valence-corrected chi connectivity index (χ0v) is 10.2. The van der Waals surface area contributed by atoms with Crippen molar-refractivity contribution in [2.45, 2.75) is 13.5 Å². The number of nitro groups is 1. The smallest absolute Gasteiger partial charge is 0.324 e. The van der Waals surface area contributed by atoms with Gasteiger partial charge in [-0.3, -0.25) is 10.1 Å². The Balaban J connectivity index is 2.00. The first kappa shape index (κ1) is 11.1. The van der Waals surface area contributed by atoms with Gasteiger partial charge in [0.25, 0.3) is 0 Å². The lowest BCUT2D eigenvalue weighted by Crippen LogP contribution is -1.97. The van der Waals surface area contributed by atoms with E-state index in [4.69, 9.17) is 0 Å². The van der Waals surface area contributed by atoms with Crippen molar-refractivity contribution in [2.24, 2.45) is 0 Å². The topological polar surface area (TPSA) is 55.2 Å². The quantitative estimate of drug-likeness (QED) is 0.669. The molecule has 0 aliphatic heterocycles. The Labute approximate surface area is 101 Å². The summed E-state index contributed by atoms with van der Waals surface area (Å²) in [6.45, 7) is 2.66. The van der Waals surface area contributed by atoms with Crippen molar-refractivity contribution >= 4 is 33.4 Å². The number of aryl methyl sites for hydroxylation is 1. The van der Waals surface area contributed by atoms with Crippen LogP contribution in [0, 0.1) is 17.0 Å². The highest BCUT2D eigenvalue weighted by Gasteiger charge is 2.09. The lowest BCUT2D eigenvalue weighted by Gasteiger charge is -2.02. The van der Waals surface area contributed by atoms with Crippen molar-refractivity contribution in [3.05, 3.63) is 43.4 Å². The van der Waals surface area contributed by atoms with E-state index in [1.54, 1.807) is 17.4 Å². The van der Waals surface area contributed by atoms with Crippen LogP contribution in [-0.2, 0) is 6.54 Å². The number of anilines is 1. The third-order valence-electron chi connectivity index (χ3n) is 2.16. The maximum Gasteiger partial charge on any atom is 0.324 e. The second-order valence-corrected chi connectivity index (χ2v) is 5.01. The first-order valence-electron chi connectivity index (χ1n) is 4.65. The summed E-state index contributed by atoms with van der Waals surface area (Å²) in [6, 6.07) is 1.61. The monoisotopic (exact) mass is 254 g/mol. The van der Waals surface area contributed by atoms with Crippen molar-refractivity contribution in [1.82, 2.24) is 0 Å². The number of rotatable bonds is 4. The minimum Gasteiger partial charge on any atom is -0.380 e. The average molecular weight is 254 g/mol. The van der Waals surface area contributed by atoms with Gasteiger partial charge in [-0.2, -0.15) is 0 Å². The van der Waals surface area contributed by atoms with Crippen LogP contribution in [0.4, 0.5) is 10.7 Å². The second kappa shape index (κ2) is 4.63. The minimum absolute atomic E-state index is 0.193. The van der Waals surface area contributed by atoms with Crippen molar-refractivity contribution < 1.29 is 4.92 Å². The molecule has 6 heteroatoms. The minimum atomic E-state index is -0.357. The molecule has 0 fully saturated rings. The Bertz CT molecular complexity index is 504. The van der Waals surface area contributed by atoms with Crippen molar-refractivity contribution in [3.63, 3.8) is 0 Å². The summed E-state index contributed by atoms with van der Waals surface area (Å²) in [6.07, 6.45) is 0. The number of nitrogens with one attached hydrogen (secondary N) is 1. The lowest BCUT2D eigenvalue weighted by molar-refractivity contribution is -0.380. The third-order valence-corrected chi connectivity index (χ3v) is 3.95. The van der Waals surface area contributed by atoms with Gasteiger partial charge in [-0.15, -0.1) is 11.3 Å². The fraction of sp³-hybridized carbons (Fsp3) is 0.200. The average Bonchev–Trinajstić information content (AvgIpc) is 2.83. The van der Waals surface area contributed by atoms with E-state index in [2.05, 4.69) is 10.7 Å². The predicted octanol–water partition coefficient (Wildman–Crippen LogP) is 3.64. The fourth-order valence-corrected chi connectivity index (χ4v) is 2.82. The molecular formula is C10H10N2O2S2. The molecule has 0 atom stereocenters. The Morgan fingerprint density at radius 3 is 2.81 bits per heavy atom. The lowest BCUT2D eigenvalue weighted by atomic mass is 10.3. The van der Waals surface area contributed by atoms with E-state index in [0.717, 1.165) is 22.6 Å². The van der Waals surface area contributed by atoms with E-state index in [-0.39, 0.29) is 9.92 Å². The van der Waals surface area contributed by atoms with Gasteiger partial charge in [0.1, 0.15) is 0 Å². The van der Waals surface area contributed by atoms with Crippen molar-refractivity contribution in [2.75, 3.05) is 5.32 Å². The Morgan fingerprint density at radius 2 is 2.25 bits per heavy atom. The highest BCUT2D eigenvalue weighted by molar-refractivity contribution is 7.13. The highest BCUT2D eigenvalue weighted by Crippen LogP contribution is 2.24. The predicted molar refractivity (Wildman–Crippen MR) is 67.4 cm³/mol. The maximum atomic E-state index is 10.5.